The Morgan fingerprint density at radius 3 is 2.31 bits per heavy atom. The normalized spacial score (nSPS) is 22.6. The van der Waals surface area contributed by atoms with Gasteiger partial charge in [-0.25, -0.2) is 0 Å². The predicted molar refractivity (Wildman–Crippen MR) is 139 cm³/mol. The number of carbonyl (C=O) groups is 2. The highest BCUT2D eigenvalue weighted by Gasteiger charge is 2.49. The van der Waals surface area contributed by atoms with E-state index in [1.807, 2.05) is 24.3 Å². The van der Waals surface area contributed by atoms with Crippen molar-refractivity contribution in [3.63, 3.8) is 0 Å². The zero-order valence-corrected chi connectivity index (χ0v) is 21.8. The lowest BCUT2D eigenvalue weighted by Gasteiger charge is -2.41. The molecule has 2 aliphatic rings. The van der Waals surface area contributed by atoms with Crippen molar-refractivity contribution in [3.05, 3.63) is 54.1 Å². The summed E-state index contributed by atoms with van der Waals surface area (Å²) < 4.78 is 0. The fourth-order valence-electron chi connectivity index (χ4n) is 5.23. The molecule has 36 heavy (non-hydrogen) atoms. The summed E-state index contributed by atoms with van der Waals surface area (Å²) in [6.07, 6.45) is 9.52. The molecular weight excluding hydrogens is 454 g/mol. The Kier molecular flexibility index (Phi) is 7.76. The van der Waals surface area contributed by atoms with Gasteiger partial charge in [-0.05, 0) is 49.3 Å². The van der Waals surface area contributed by atoms with Gasteiger partial charge in [0.15, 0.2) is 5.54 Å². The van der Waals surface area contributed by atoms with E-state index in [0.29, 0.717) is 17.9 Å². The maximum absolute atomic E-state index is 14.1. The van der Waals surface area contributed by atoms with Gasteiger partial charge in [-0.2, -0.15) is 0 Å². The Balaban J connectivity index is 1.80. The number of nitrogens with one attached hydrogen (secondary N) is 2. The number of carbonyl (C=O) groups excluding carboxylic acids is 2. The number of aliphatic hydroxyl groups is 1. The molecule has 0 bridgehead atoms. The maximum atomic E-state index is 14.1. The third-order valence-electron chi connectivity index (χ3n) is 7.51. The van der Waals surface area contributed by atoms with Crippen LogP contribution in [0.5, 0.6) is 0 Å². The molecule has 1 saturated heterocycles. The highest BCUT2D eigenvalue weighted by molar-refractivity contribution is 6.06. The van der Waals surface area contributed by atoms with Gasteiger partial charge >= 0.3 is 0 Å². The van der Waals surface area contributed by atoms with Crippen molar-refractivity contribution in [2.75, 3.05) is 11.4 Å². The van der Waals surface area contributed by atoms with E-state index >= 15 is 0 Å². The molecule has 1 aliphatic carbocycles. The van der Waals surface area contributed by atoms with E-state index in [9.17, 15) is 14.7 Å². The molecule has 0 radical (unpaired) electrons. The molecular formula is C28H39N5O3. The van der Waals surface area contributed by atoms with Crippen molar-refractivity contribution in [2.24, 2.45) is 0 Å². The van der Waals surface area contributed by atoms with Gasteiger partial charge in [0.2, 0.25) is 5.91 Å². The zero-order chi connectivity index (χ0) is 25.9. The van der Waals surface area contributed by atoms with E-state index in [0.717, 1.165) is 31.2 Å². The van der Waals surface area contributed by atoms with E-state index in [2.05, 4.69) is 41.4 Å². The quantitative estimate of drug-likeness (QED) is 0.571. The molecule has 1 saturated carbocycles. The number of amides is 2. The molecule has 3 atom stereocenters. The van der Waals surface area contributed by atoms with Crippen LogP contribution in [0.15, 0.2) is 42.9 Å². The van der Waals surface area contributed by atoms with Crippen molar-refractivity contribution in [3.8, 4) is 0 Å². The summed E-state index contributed by atoms with van der Waals surface area (Å²) in [5.41, 5.74) is 0.618. The van der Waals surface area contributed by atoms with Gasteiger partial charge in [-0.15, -0.1) is 0 Å². The van der Waals surface area contributed by atoms with Crippen molar-refractivity contribution in [2.45, 2.75) is 95.4 Å². The molecule has 194 valence electrons. The summed E-state index contributed by atoms with van der Waals surface area (Å²) in [4.78, 5) is 38.5. The average Bonchev–Trinajstić information content (AvgIpc) is 3.31. The lowest BCUT2D eigenvalue weighted by Crippen LogP contribution is -2.61. The highest BCUT2D eigenvalue weighted by Crippen LogP contribution is 2.36. The number of aromatic nitrogens is 2. The third kappa shape index (κ3) is 5.44. The minimum atomic E-state index is -1.44. The van der Waals surface area contributed by atoms with Gasteiger partial charge in [0.1, 0.15) is 0 Å². The highest BCUT2D eigenvalue weighted by atomic mass is 16.3. The summed E-state index contributed by atoms with van der Waals surface area (Å²) in [5.74, 6) is -0.552. The van der Waals surface area contributed by atoms with Gasteiger partial charge in [0, 0.05) is 30.7 Å². The standard InChI is InChI=1S/C28H39N5O3/c1-27(2,3)19-10-12-21(13-11-19)33(25(35)23-16-22(34)17-31-23)28(4,24-18-29-14-15-30-24)26(36)32-20-8-6-5-7-9-20/h10-15,18,20,22-23,31,34H,5-9,16-17H2,1-4H3,(H,32,36)/t22-,23-,28?/m1/s1. The first-order valence-electron chi connectivity index (χ1n) is 13.0. The van der Waals surface area contributed by atoms with Crippen LogP contribution in [0.1, 0.15) is 77.5 Å². The minimum absolute atomic E-state index is 0.0585. The summed E-state index contributed by atoms with van der Waals surface area (Å²) in [5, 5.41) is 16.5. The van der Waals surface area contributed by atoms with Crippen molar-refractivity contribution >= 4 is 17.5 Å². The molecule has 0 spiro atoms. The topological polar surface area (TPSA) is 107 Å². The first-order valence-corrected chi connectivity index (χ1v) is 13.0. The monoisotopic (exact) mass is 493 g/mol. The number of benzene rings is 1. The van der Waals surface area contributed by atoms with E-state index in [1.54, 1.807) is 30.4 Å². The number of anilines is 1. The number of rotatable bonds is 6. The second kappa shape index (κ2) is 10.6. The minimum Gasteiger partial charge on any atom is -0.392 e. The second-order valence-electron chi connectivity index (χ2n) is 11.3. The fraction of sp³-hybridized carbons (Fsp3) is 0.571. The lowest BCUT2D eigenvalue weighted by molar-refractivity contribution is -0.131. The molecule has 8 nitrogen and oxygen atoms in total. The van der Waals surface area contributed by atoms with Gasteiger partial charge in [-0.1, -0.05) is 52.2 Å². The Hall–Kier alpha value is -2.84. The van der Waals surface area contributed by atoms with Crippen LogP contribution in [-0.4, -0.2) is 51.6 Å². The van der Waals surface area contributed by atoms with Crippen molar-refractivity contribution in [1.82, 2.24) is 20.6 Å². The van der Waals surface area contributed by atoms with E-state index in [-0.39, 0.29) is 29.7 Å². The summed E-state index contributed by atoms with van der Waals surface area (Å²) in [6.45, 7) is 8.49. The summed E-state index contributed by atoms with van der Waals surface area (Å²) in [6, 6.07) is 7.25. The Morgan fingerprint density at radius 2 is 1.75 bits per heavy atom. The van der Waals surface area contributed by atoms with Crippen LogP contribution >= 0.6 is 0 Å². The predicted octanol–water partition coefficient (Wildman–Crippen LogP) is 3.19. The molecule has 2 amide bonds. The van der Waals surface area contributed by atoms with Crippen LogP contribution in [-0.2, 0) is 20.5 Å². The first kappa shape index (κ1) is 26.2. The maximum Gasteiger partial charge on any atom is 0.252 e. The van der Waals surface area contributed by atoms with Crippen LogP contribution < -0.4 is 15.5 Å². The molecule has 1 aromatic heterocycles. The molecule has 4 rings (SSSR count). The molecule has 2 aromatic rings. The number of hydrogen-bond acceptors (Lipinski definition) is 6. The van der Waals surface area contributed by atoms with Crippen LogP contribution in [0, 0.1) is 0 Å². The van der Waals surface area contributed by atoms with E-state index in [4.69, 9.17) is 0 Å². The van der Waals surface area contributed by atoms with E-state index < -0.39 is 17.7 Å². The molecule has 2 fully saturated rings. The lowest BCUT2D eigenvalue weighted by atomic mass is 9.86. The number of β-amino-alcohol motifs (C(OH)–C–C–N with tert-alkyl or cyclic N) is 1. The summed E-state index contributed by atoms with van der Waals surface area (Å²) >= 11 is 0. The molecule has 1 aromatic carbocycles. The Labute approximate surface area is 213 Å². The first-order chi connectivity index (χ1) is 17.1. The Bertz CT molecular complexity index is 1050. The van der Waals surface area contributed by atoms with Crippen LogP contribution in [0.25, 0.3) is 0 Å². The van der Waals surface area contributed by atoms with Gasteiger partial charge in [-0.3, -0.25) is 24.5 Å². The molecule has 3 N–H and O–H groups in total. The number of nitrogens with zero attached hydrogens (tertiary/aromatic N) is 3. The summed E-state index contributed by atoms with van der Waals surface area (Å²) in [7, 11) is 0. The molecule has 8 heteroatoms. The number of aliphatic hydroxyl groups excluding tert-OH is 1. The fourth-order valence-corrected chi connectivity index (χ4v) is 5.23. The Morgan fingerprint density at radius 1 is 1.06 bits per heavy atom. The van der Waals surface area contributed by atoms with Gasteiger partial charge in [0.25, 0.3) is 5.91 Å². The molecule has 1 unspecified atom stereocenters. The average molecular weight is 494 g/mol. The van der Waals surface area contributed by atoms with Crippen molar-refractivity contribution < 1.29 is 14.7 Å². The van der Waals surface area contributed by atoms with Crippen LogP contribution in [0.2, 0.25) is 0 Å². The molecule has 1 aliphatic heterocycles. The molecule has 2 heterocycles. The SMILES string of the molecule is CC(C)(C)c1ccc(N(C(=O)[C@H]2C[C@@H](O)CN2)C(C)(C(=O)NC2CCCCC2)c2cnccn2)cc1. The largest absolute Gasteiger partial charge is 0.392 e. The van der Waals surface area contributed by atoms with Gasteiger partial charge in [0.05, 0.1) is 24.0 Å². The smallest absolute Gasteiger partial charge is 0.252 e. The van der Waals surface area contributed by atoms with Crippen LogP contribution in [0.4, 0.5) is 5.69 Å². The van der Waals surface area contributed by atoms with Gasteiger partial charge < -0.3 is 15.7 Å². The van der Waals surface area contributed by atoms with E-state index in [1.165, 1.54) is 6.42 Å². The number of hydrogen-bond donors (Lipinski definition) is 3. The second-order valence-corrected chi connectivity index (χ2v) is 11.3. The van der Waals surface area contributed by atoms with Crippen molar-refractivity contribution in [1.29, 1.82) is 0 Å². The zero-order valence-electron chi connectivity index (χ0n) is 21.8. The van der Waals surface area contributed by atoms with Crippen LogP contribution in [0.3, 0.4) is 0 Å². The third-order valence-corrected chi connectivity index (χ3v) is 7.51.